The van der Waals surface area contributed by atoms with Gasteiger partial charge in [0.15, 0.2) is 0 Å². The van der Waals surface area contributed by atoms with Crippen LogP contribution in [0.1, 0.15) is 15.9 Å². The minimum atomic E-state index is -1.07. The molecule has 0 aliphatic carbocycles. The summed E-state index contributed by atoms with van der Waals surface area (Å²) in [5.41, 5.74) is 5.01. The number of carboxylic acids is 1. The first-order valence-corrected chi connectivity index (χ1v) is 6.10. The molecule has 5 N–H and O–H groups in total. The molecule has 0 aromatic heterocycles. The topological polar surface area (TPSA) is 108 Å². The number of rotatable bonds is 3. The maximum absolute atomic E-state index is 10.5. The molecule has 0 aliphatic heterocycles. The van der Waals surface area contributed by atoms with Crippen molar-refractivity contribution in [1.29, 1.82) is 0 Å². The van der Waals surface area contributed by atoms with E-state index in [1.54, 1.807) is 12.1 Å². The van der Waals surface area contributed by atoms with Crippen molar-refractivity contribution in [1.82, 2.24) is 0 Å². The quantitative estimate of drug-likeness (QED) is 0.763. The monoisotopic (exact) mass is 275 g/mol. The number of carbonyl (C=O) groups is 1. The Morgan fingerprint density at radius 1 is 1.15 bits per heavy atom. The van der Waals surface area contributed by atoms with E-state index in [2.05, 4.69) is 5.73 Å². The minimum absolute atomic E-state index is 0.0347. The predicted octanol–water partition coefficient (Wildman–Crippen LogP) is 0.635. The summed E-state index contributed by atoms with van der Waals surface area (Å²) in [6.07, 6.45) is 0.986. The lowest BCUT2D eigenvalue weighted by molar-refractivity contribution is -0.366. The summed E-state index contributed by atoms with van der Waals surface area (Å²) in [5, 5.41) is 27.8. The minimum Gasteiger partial charge on any atom is -0.872 e. The van der Waals surface area contributed by atoms with Crippen molar-refractivity contribution in [2.45, 2.75) is 6.42 Å². The van der Waals surface area contributed by atoms with Crippen LogP contribution in [0, 0.1) is 0 Å². The Morgan fingerprint density at radius 2 is 1.80 bits per heavy atom. The molecule has 0 unspecified atom stereocenters. The molecule has 2 aromatic rings. The number of quaternary nitrogens is 1. The Kier molecular flexibility index (Phi) is 6.06. The molecule has 0 atom stereocenters. The zero-order valence-corrected chi connectivity index (χ0v) is 11.0. The molecule has 0 saturated carbocycles. The number of hydrogen-bond acceptors (Lipinski definition) is 3. The third-order valence-electron chi connectivity index (χ3n) is 2.48. The second kappa shape index (κ2) is 7.81. The second-order valence-electron chi connectivity index (χ2n) is 4.10. The highest BCUT2D eigenvalue weighted by atomic mass is 16.4. The van der Waals surface area contributed by atoms with Crippen molar-refractivity contribution in [3.63, 3.8) is 0 Å². The van der Waals surface area contributed by atoms with Gasteiger partial charge in [0.2, 0.25) is 0 Å². The Labute approximate surface area is 116 Å². The molecule has 0 bridgehead atoms. The van der Waals surface area contributed by atoms with Crippen LogP contribution in [0.15, 0.2) is 48.5 Å². The fraction of sp³-hybridized carbons (Fsp3) is 0.133. The molecule has 0 heterocycles. The third-order valence-corrected chi connectivity index (χ3v) is 2.48. The van der Waals surface area contributed by atoms with Crippen LogP contribution in [0.5, 0.6) is 11.5 Å². The Hall–Kier alpha value is -2.53. The lowest BCUT2D eigenvalue weighted by Crippen LogP contribution is -2.51. The molecule has 5 nitrogen and oxygen atoms in total. The second-order valence-corrected chi connectivity index (χ2v) is 4.10. The smallest absolute Gasteiger partial charge is 0.335 e. The lowest BCUT2D eigenvalue weighted by atomic mass is 10.1. The molecule has 0 saturated heterocycles. The average Bonchev–Trinajstić information content (AvgIpc) is 2.42. The molecule has 20 heavy (non-hydrogen) atoms. The van der Waals surface area contributed by atoms with E-state index in [-0.39, 0.29) is 11.3 Å². The number of phenols is 1. The number of carboxylic acid groups (broad SMARTS) is 1. The highest BCUT2D eigenvalue weighted by Crippen LogP contribution is 2.09. The van der Waals surface area contributed by atoms with Crippen LogP contribution in [0.25, 0.3) is 0 Å². The van der Waals surface area contributed by atoms with Crippen LogP contribution < -0.4 is 10.8 Å². The van der Waals surface area contributed by atoms with E-state index in [4.69, 9.17) is 10.2 Å². The number of phenolic OH excluding ortho intramolecular Hbond substituents is 1. The predicted molar refractivity (Wildman–Crippen MR) is 72.4 cm³/mol. The fourth-order valence-corrected chi connectivity index (χ4v) is 1.50. The molecular weight excluding hydrogens is 258 g/mol. The summed E-state index contributed by atoms with van der Waals surface area (Å²) >= 11 is 0. The van der Waals surface area contributed by atoms with Crippen LogP contribution >= 0.6 is 0 Å². The van der Waals surface area contributed by atoms with Crippen molar-refractivity contribution in [3.8, 4) is 11.5 Å². The zero-order valence-electron chi connectivity index (χ0n) is 11.0. The molecule has 106 valence electrons. The molecule has 0 spiro atoms. The van der Waals surface area contributed by atoms with E-state index in [0.29, 0.717) is 5.75 Å². The van der Waals surface area contributed by atoms with Crippen LogP contribution in [-0.4, -0.2) is 22.7 Å². The Morgan fingerprint density at radius 3 is 2.25 bits per heavy atom. The van der Waals surface area contributed by atoms with Gasteiger partial charge in [0.05, 0.1) is 12.1 Å². The van der Waals surface area contributed by atoms with Gasteiger partial charge in [0, 0.05) is 6.42 Å². The first-order valence-electron chi connectivity index (χ1n) is 6.10. The standard InChI is InChI=1S/C8H11NO.C7H6O3/c9-6-5-7-1-3-8(10)4-2-7;8-6-3-1-2-5(4-6)7(9)10/h1-4,10H,5-6,9H2;1-4,8H,(H,9,10). The van der Waals surface area contributed by atoms with Gasteiger partial charge in [-0.25, -0.2) is 4.79 Å². The van der Waals surface area contributed by atoms with Gasteiger partial charge >= 0.3 is 5.97 Å². The van der Waals surface area contributed by atoms with Crippen LogP contribution in [0.4, 0.5) is 0 Å². The van der Waals surface area contributed by atoms with Crippen molar-refractivity contribution >= 4 is 5.97 Å². The van der Waals surface area contributed by atoms with Gasteiger partial charge in [-0.3, -0.25) is 0 Å². The van der Waals surface area contributed by atoms with E-state index in [9.17, 15) is 9.90 Å². The fourth-order valence-electron chi connectivity index (χ4n) is 1.50. The molecule has 5 heteroatoms. The summed E-state index contributed by atoms with van der Waals surface area (Å²) in [6.45, 7) is 0.908. The molecule has 0 radical (unpaired) electrons. The first-order chi connectivity index (χ1) is 9.52. The normalized spacial score (nSPS) is 9.45. The van der Waals surface area contributed by atoms with Gasteiger partial charge in [0.1, 0.15) is 5.75 Å². The molecule has 2 aromatic carbocycles. The molecule has 0 amide bonds. The maximum Gasteiger partial charge on any atom is 0.335 e. The maximum atomic E-state index is 10.5. The van der Waals surface area contributed by atoms with E-state index in [0.717, 1.165) is 19.0 Å². The van der Waals surface area contributed by atoms with Crippen molar-refractivity contribution < 1.29 is 25.8 Å². The summed E-state index contributed by atoms with van der Waals surface area (Å²) in [5.74, 6) is -1.02. The molecular formula is C15H17NO4. The van der Waals surface area contributed by atoms with Gasteiger partial charge < -0.3 is 21.1 Å². The highest BCUT2D eigenvalue weighted by Gasteiger charge is 1.97. The summed E-state index contributed by atoms with van der Waals surface area (Å²) in [4.78, 5) is 10.2. The summed E-state index contributed by atoms with van der Waals surface area (Å²) < 4.78 is 0. The number of aromatic carboxylic acids is 1. The van der Waals surface area contributed by atoms with Gasteiger partial charge in [-0.2, -0.15) is 0 Å². The van der Waals surface area contributed by atoms with E-state index in [1.165, 1.54) is 23.8 Å². The van der Waals surface area contributed by atoms with Gasteiger partial charge in [-0.1, -0.05) is 30.3 Å². The number of hydrogen-bond donors (Lipinski definition) is 3. The highest BCUT2D eigenvalue weighted by molar-refractivity contribution is 5.87. The van der Waals surface area contributed by atoms with E-state index >= 15 is 0 Å². The molecule has 2 rings (SSSR count). The van der Waals surface area contributed by atoms with Crippen molar-refractivity contribution in [2.24, 2.45) is 0 Å². The molecule has 0 aliphatic rings. The molecule has 0 fully saturated rings. The van der Waals surface area contributed by atoms with E-state index in [1.807, 2.05) is 12.1 Å². The number of aromatic hydroxyl groups is 1. The van der Waals surface area contributed by atoms with Gasteiger partial charge in [-0.15, -0.1) is 5.75 Å². The lowest BCUT2D eigenvalue weighted by Gasteiger charge is -2.03. The van der Waals surface area contributed by atoms with Crippen molar-refractivity contribution in [3.05, 3.63) is 59.7 Å². The third kappa shape index (κ3) is 5.41. The largest absolute Gasteiger partial charge is 0.872 e. The van der Waals surface area contributed by atoms with Crippen molar-refractivity contribution in [2.75, 3.05) is 6.54 Å². The first kappa shape index (κ1) is 15.5. The van der Waals surface area contributed by atoms with Crippen LogP contribution in [0.2, 0.25) is 0 Å². The average molecular weight is 275 g/mol. The van der Waals surface area contributed by atoms with E-state index < -0.39 is 5.97 Å². The zero-order chi connectivity index (χ0) is 15.0. The van der Waals surface area contributed by atoms with Crippen LogP contribution in [-0.2, 0) is 6.42 Å². The Balaban J connectivity index is 0.000000200. The van der Waals surface area contributed by atoms with Crippen LogP contribution in [0.3, 0.4) is 0 Å². The van der Waals surface area contributed by atoms with Gasteiger partial charge in [0.25, 0.3) is 0 Å². The number of benzene rings is 2. The van der Waals surface area contributed by atoms with Gasteiger partial charge in [-0.05, 0) is 23.8 Å². The SMILES string of the molecule is O=C(O)c1cccc([O-])c1.[NH3+]CCc1ccc(O)cc1. The summed E-state index contributed by atoms with van der Waals surface area (Å²) in [7, 11) is 0. The Bertz CT molecular complexity index is 552. The summed E-state index contributed by atoms with van der Waals surface area (Å²) in [6, 6.07) is 12.4.